The van der Waals surface area contributed by atoms with E-state index in [4.69, 9.17) is 25.9 Å². The molecule has 1 aromatic heterocycles. The molecule has 0 radical (unpaired) electrons. The molecule has 1 aliphatic heterocycles. The summed E-state index contributed by atoms with van der Waals surface area (Å²) in [5, 5.41) is 4.64. The first-order valence-corrected chi connectivity index (χ1v) is 11.0. The van der Waals surface area contributed by atoms with Crippen LogP contribution >= 0.6 is 11.6 Å². The van der Waals surface area contributed by atoms with E-state index >= 15 is 0 Å². The van der Waals surface area contributed by atoms with Crippen molar-refractivity contribution in [2.75, 3.05) is 13.7 Å². The number of benzene rings is 1. The number of hydrogen-bond donors (Lipinski definition) is 0. The number of hydrogen-bond acceptors (Lipinski definition) is 6. The Morgan fingerprint density at radius 3 is 2.59 bits per heavy atom. The third-order valence-electron chi connectivity index (χ3n) is 5.03. The summed E-state index contributed by atoms with van der Waals surface area (Å²) in [5.41, 5.74) is 1.89. The van der Waals surface area contributed by atoms with Crippen LogP contribution in [0.3, 0.4) is 0 Å². The maximum absolute atomic E-state index is 13.2. The quantitative estimate of drug-likeness (QED) is 0.544. The van der Waals surface area contributed by atoms with Crippen molar-refractivity contribution in [3.8, 4) is 16.9 Å². The Hall–Kier alpha value is -2.80. The highest BCUT2D eigenvalue weighted by Crippen LogP contribution is 2.35. The molecule has 1 atom stereocenters. The summed E-state index contributed by atoms with van der Waals surface area (Å²) < 4.78 is 12.6. The van der Waals surface area contributed by atoms with Crippen molar-refractivity contribution < 1.29 is 19.1 Å². The van der Waals surface area contributed by atoms with E-state index in [9.17, 15) is 9.59 Å². The second kappa shape index (κ2) is 9.77. The zero-order valence-electron chi connectivity index (χ0n) is 19.1. The zero-order chi connectivity index (χ0) is 23.5. The molecular formula is C24H29ClN2O5. The molecule has 7 nitrogen and oxygen atoms in total. The number of nitrogens with zero attached hydrogens (tertiary/aromatic N) is 2. The van der Waals surface area contributed by atoms with Gasteiger partial charge in [-0.15, -0.1) is 0 Å². The fourth-order valence-electron chi connectivity index (χ4n) is 3.65. The van der Waals surface area contributed by atoms with Crippen molar-refractivity contribution in [3.05, 3.63) is 51.4 Å². The monoisotopic (exact) mass is 460 g/mol. The average Bonchev–Trinajstić information content (AvgIpc) is 3.25. The molecule has 0 bridgehead atoms. The smallest absolute Gasteiger partial charge is 0.329 e. The van der Waals surface area contributed by atoms with Crippen LogP contribution in [-0.4, -0.2) is 35.6 Å². The van der Waals surface area contributed by atoms with Crippen LogP contribution < -0.4 is 10.3 Å². The van der Waals surface area contributed by atoms with Gasteiger partial charge in [0.25, 0.3) is 5.56 Å². The Labute approximate surface area is 192 Å². The van der Waals surface area contributed by atoms with Crippen molar-refractivity contribution >= 4 is 23.3 Å². The van der Waals surface area contributed by atoms with Gasteiger partial charge in [0.2, 0.25) is 0 Å². The van der Waals surface area contributed by atoms with Crippen LogP contribution in [-0.2, 0) is 14.4 Å². The Balaban J connectivity index is 2.13. The third-order valence-corrected chi connectivity index (χ3v) is 5.26. The molecule has 0 N–H and O–H groups in total. The first kappa shape index (κ1) is 23.9. The van der Waals surface area contributed by atoms with Crippen LogP contribution in [0.15, 0.2) is 40.4 Å². The van der Waals surface area contributed by atoms with Gasteiger partial charge in [-0.3, -0.25) is 9.36 Å². The number of rotatable bonds is 7. The van der Waals surface area contributed by atoms with Crippen molar-refractivity contribution in [3.63, 3.8) is 0 Å². The molecule has 1 aliphatic rings. The summed E-state index contributed by atoms with van der Waals surface area (Å²) in [4.78, 5) is 31.2. The maximum Gasteiger partial charge on any atom is 0.329 e. The summed E-state index contributed by atoms with van der Waals surface area (Å²) in [5.74, 6) is -0.00514. The molecule has 1 unspecified atom stereocenters. The van der Waals surface area contributed by atoms with Crippen LogP contribution in [0.2, 0.25) is 5.02 Å². The predicted octanol–water partition coefficient (Wildman–Crippen LogP) is 4.98. The fraction of sp³-hybridized carbons (Fsp3) is 0.458. The lowest BCUT2D eigenvalue weighted by molar-refractivity contribution is -0.159. The summed E-state index contributed by atoms with van der Waals surface area (Å²) in [6.07, 6.45) is 3.40. The molecule has 0 amide bonds. The molecule has 2 aromatic rings. The summed E-state index contributed by atoms with van der Waals surface area (Å²) >= 11 is 6.28. The van der Waals surface area contributed by atoms with E-state index in [-0.39, 0.29) is 5.56 Å². The molecule has 0 spiro atoms. The van der Waals surface area contributed by atoms with Gasteiger partial charge in [0.15, 0.2) is 0 Å². The van der Waals surface area contributed by atoms with Gasteiger partial charge in [-0.1, -0.05) is 36.2 Å². The van der Waals surface area contributed by atoms with E-state index in [1.54, 1.807) is 39.1 Å². The van der Waals surface area contributed by atoms with Crippen molar-refractivity contribution in [2.45, 2.75) is 58.6 Å². The molecular weight excluding hydrogens is 432 g/mol. The van der Waals surface area contributed by atoms with E-state index in [2.05, 4.69) is 5.16 Å². The first-order chi connectivity index (χ1) is 15.1. The van der Waals surface area contributed by atoms with Crippen molar-refractivity contribution in [1.29, 1.82) is 0 Å². The van der Waals surface area contributed by atoms with Crippen molar-refractivity contribution in [1.82, 2.24) is 4.57 Å². The number of methoxy groups -OCH3 is 1. The normalized spacial score (nSPS) is 14.5. The highest BCUT2D eigenvalue weighted by atomic mass is 35.5. The highest BCUT2D eigenvalue weighted by molar-refractivity contribution is 6.31. The van der Waals surface area contributed by atoms with E-state index < -0.39 is 17.6 Å². The molecule has 32 heavy (non-hydrogen) atoms. The predicted molar refractivity (Wildman–Crippen MR) is 125 cm³/mol. The van der Waals surface area contributed by atoms with Gasteiger partial charge in [-0.25, -0.2) is 4.79 Å². The van der Waals surface area contributed by atoms with Gasteiger partial charge < -0.3 is 14.3 Å². The van der Waals surface area contributed by atoms with E-state index in [0.717, 1.165) is 11.3 Å². The standard InChI is InChI=1S/C24H29ClN2O5/c1-6-7-20(23(29)32-24(2,3)4)27-14-21(30-5)18(13-22(27)28)17-12-15(25)8-9-16(17)19-10-11-31-26-19/h8-9,12-14,20H,6-7,10-11H2,1-5H3. The molecule has 0 aliphatic carbocycles. The maximum atomic E-state index is 13.2. The topological polar surface area (TPSA) is 79.1 Å². The number of carbonyl (C=O) groups excluding carboxylic acids is 1. The number of halogens is 1. The van der Waals surface area contributed by atoms with Crippen LogP contribution in [0.25, 0.3) is 11.1 Å². The van der Waals surface area contributed by atoms with Gasteiger partial charge in [0, 0.05) is 28.6 Å². The van der Waals surface area contributed by atoms with Gasteiger partial charge in [0.05, 0.1) is 19.0 Å². The van der Waals surface area contributed by atoms with Gasteiger partial charge in [-0.05, 0) is 44.9 Å². The molecule has 8 heteroatoms. The van der Waals surface area contributed by atoms with Gasteiger partial charge >= 0.3 is 5.97 Å². The zero-order valence-corrected chi connectivity index (χ0v) is 19.9. The van der Waals surface area contributed by atoms with Crippen LogP contribution in [0, 0.1) is 0 Å². The summed E-state index contributed by atoms with van der Waals surface area (Å²) in [7, 11) is 1.52. The molecule has 3 rings (SSSR count). The summed E-state index contributed by atoms with van der Waals surface area (Å²) in [6, 6.07) is 6.13. The number of ether oxygens (including phenoxy) is 2. The average molecular weight is 461 g/mol. The molecule has 0 saturated carbocycles. The van der Waals surface area contributed by atoms with Gasteiger partial charge in [0.1, 0.15) is 24.0 Å². The van der Waals surface area contributed by atoms with Crippen LogP contribution in [0.1, 0.15) is 58.6 Å². The Bertz CT molecular complexity index is 1080. The molecule has 172 valence electrons. The third kappa shape index (κ3) is 5.33. The second-order valence-corrected chi connectivity index (χ2v) is 9.09. The first-order valence-electron chi connectivity index (χ1n) is 10.7. The lowest BCUT2D eigenvalue weighted by Crippen LogP contribution is -2.34. The summed E-state index contributed by atoms with van der Waals surface area (Å²) in [6.45, 7) is 7.87. The Morgan fingerprint density at radius 2 is 2.00 bits per heavy atom. The van der Waals surface area contributed by atoms with E-state index in [0.29, 0.717) is 47.8 Å². The number of oxime groups is 1. The molecule has 2 heterocycles. The molecule has 0 fully saturated rings. The Kier molecular flexibility index (Phi) is 7.29. The SMILES string of the molecule is CCCC(C(=O)OC(C)(C)C)n1cc(OC)c(-c2cc(Cl)ccc2C2=NOCC2)cc1=O. The number of esters is 1. The Morgan fingerprint density at radius 1 is 1.25 bits per heavy atom. The number of carbonyl (C=O) groups is 1. The number of aromatic nitrogens is 1. The van der Waals surface area contributed by atoms with Crippen LogP contribution in [0.5, 0.6) is 5.75 Å². The molecule has 1 aromatic carbocycles. The fourth-order valence-corrected chi connectivity index (χ4v) is 3.82. The van der Waals surface area contributed by atoms with E-state index in [1.165, 1.54) is 17.7 Å². The lowest BCUT2D eigenvalue weighted by atomic mass is 9.95. The van der Waals surface area contributed by atoms with E-state index in [1.807, 2.05) is 13.0 Å². The minimum Gasteiger partial charge on any atom is -0.495 e. The van der Waals surface area contributed by atoms with Gasteiger partial charge in [-0.2, -0.15) is 0 Å². The minimum absolute atomic E-state index is 0.333. The second-order valence-electron chi connectivity index (χ2n) is 8.65. The largest absolute Gasteiger partial charge is 0.495 e. The number of pyridine rings is 1. The lowest BCUT2D eigenvalue weighted by Gasteiger charge is -2.25. The van der Waals surface area contributed by atoms with Crippen LogP contribution in [0.4, 0.5) is 0 Å². The minimum atomic E-state index is -0.749. The molecule has 0 saturated heterocycles. The highest BCUT2D eigenvalue weighted by Gasteiger charge is 2.28. The van der Waals surface area contributed by atoms with Crippen molar-refractivity contribution in [2.24, 2.45) is 5.16 Å².